The molecule has 0 bridgehead atoms. The largest absolute Gasteiger partial charge is 0.309 e. The van der Waals surface area contributed by atoms with E-state index in [0.717, 1.165) is 18.7 Å². The zero-order valence-corrected chi connectivity index (χ0v) is 11.4. The van der Waals surface area contributed by atoms with Crippen LogP contribution in [-0.4, -0.2) is 31.1 Å². The average Bonchev–Trinajstić information content (AvgIpc) is 2.85. The van der Waals surface area contributed by atoms with Gasteiger partial charge in [-0.15, -0.1) is 0 Å². The van der Waals surface area contributed by atoms with Crippen molar-refractivity contribution in [3.63, 3.8) is 0 Å². The predicted octanol–water partition coefficient (Wildman–Crippen LogP) is 2.88. The van der Waals surface area contributed by atoms with E-state index in [1.165, 1.54) is 25.9 Å². The first-order valence-corrected chi connectivity index (χ1v) is 6.88. The standard InChI is InChI=1S/C15H23FN2/c1-12-5-6-14(11-15(12)16)13(2)17-7-10-18-8-3-4-9-18/h5-6,11,13,17H,3-4,7-10H2,1-2H3. The number of aryl methyl sites for hydroxylation is 1. The van der Waals surface area contributed by atoms with Crippen molar-refractivity contribution in [2.75, 3.05) is 26.2 Å². The summed E-state index contributed by atoms with van der Waals surface area (Å²) in [5, 5.41) is 3.46. The van der Waals surface area contributed by atoms with E-state index < -0.39 is 0 Å². The van der Waals surface area contributed by atoms with Crippen molar-refractivity contribution in [2.45, 2.75) is 32.7 Å². The highest BCUT2D eigenvalue weighted by molar-refractivity contribution is 5.25. The van der Waals surface area contributed by atoms with Gasteiger partial charge in [-0.3, -0.25) is 0 Å². The molecule has 1 fully saturated rings. The highest BCUT2D eigenvalue weighted by Gasteiger charge is 2.12. The molecule has 1 atom stereocenters. The van der Waals surface area contributed by atoms with Gasteiger partial charge in [-0.05, 0) is 57.0 Å². The fraction of sp³-hybridized carbons (Fsp3) is 0.600. The molecule has 1 N–H and O–H groups in total. The van der Waals surface area contributed by atoms with Crippen LogP contribution in [0.5, 0.6) is 0 Å². The highest BCUT2D eigenvalue weighted by Crippen LogP contribution is 2.16. The van der Waals surface area contributed by atoms with Gasteiger partial charge in [0.05, 0.1) is 0 Å². The van der Waals surface area contributed by atoms with Crippen molar-refractivity contribution in [2.24, 2.45) is 0 Å². The van der Waals surface area contributed by atoms with Crippen molar-refractivity contribution in [3.8, 4) is 0 Å². The van der Waals surface area contributed by atoms with E-state index >= 15 is 0 Å². The summed E-state index contributed by atoms with van der Waals surface area (Å²) >= 11 is 0. The van der Waals surface area contributed by atoms with Crippen molar-refractivity contribution < 1.29 is 4.39 Å². The first-order valence-electron chi connectivity index (χ1n) is 6.88. The first kappa shape index (κ1) is 13.5. The van der Waals surface area contributed by atoms with E-state index in [2.05, 4.69) is 17.1 Å². The van der Waals surface area contributed by atoms with E-state index in [1.807, 2.05) is 12.1 Å². The molecule has 0 aliphatic carbocycles. The van der Waals surface area contributed by atoms with Crippen LogP contribution in [0.15, 0.2) is 18.2 Å². The maximum atomic E-state index is 13.5. The molecule has 2 rings (SSSR count). The number of nitrogens with zero attached hydrogens (tertiary/aromatic N) is 1. The van der Waals surface area contributed by atoms with Crippen LogP contribution in [-0.2, 0) is 0 Å². The van der Waals surface area contributed by atoms with E-state index in [0.29, 0.717) is 5.56 Å². The predicted molar refractivity (Wildman–Crippen MR) is 73.2 cm³/mol. The summed E-state index contributed by atoms with van der Waals surface area (Å²) < 4.78 is 13.5. The van der Waals surface area contributed by atoms with Gasteiger partial charge in [0.2, 0.25) is 0 Å². The number of rotatable bonds is 5. The molecule has 1 heterocycles. The van der Waals surface area contributed by atoms with Gasteiger partial charge in [-0.25, -0.2) is 4.39 Å². The highest BCUT2D eigenvalue weighted by atomic mass is 19.1. The van der Waals surface area contributed by atoms with Gasteiger partial charge in [0.25, 0.3) is 0 Å². The van der Waals surface area contributed by atoms with Gasteiger partial charge in [0, 0.05) is 19.1 Å². The van der Waals surface area contributed by atoms with Crippen LogP contribution < -0.4 is 5.32 Å². The fourth-order valence-electron chi connectivity index (χ4n) is 2.44. The molecule has 1 aliphatic heterocycles. The third kappa shape index (κ3) is 3.53. The number of halogens is 1. The van der Waals surface area contributed by atoms with E-state index in [4.69, 9.17) is 0 Å². The lowest BCUT2D eigenvalue weighted by Crippen LogP contribution is -2.31. The quantitative estimate of drug-likeness (QED) is 0.864. The molecule has 18 heavy (non-hydrogen) atoms. The molecule has 0 spiro atoms. The van der Waals surface area contributed by atoms with E-state index in [1.54, 1.807) is 13.0 Å². The Kier molecular flexibility index (Phi) is 4.72. The molecule has 0 radical (unpaired) electrons. The normalized spacial score (nSPS) is 18.2. The minimum Gasteiger partial charge on any atom is -0.309 e. The van der Waals surface area contributed by atoms with Crippen LogP contribution >= 0.6 is 0 Å². The number of likely N-dealkylation sites (tertiary alicyclic amines) is 1. The second kappa shape index (κ2) is 6.30. The molecule has 3 heteroatoms. The van der Waals surface area contributed by atoms with Gasteiger partial charge in [-0.1, -0.05) is 12.1 Å². The Morgan fingerprint density at radius 1 is 1.33 bits per heavy atom. The van der Waals surface area contributed by atoms with Crippen molar-refractivity contribution in [3.05, 3.63) is 35.1 Å². The van der Waals surface area contributed by atoms with E-state index in [-0.39, 0.29) is 11.9 Å². The minimum absolute atomic E-state index is 0.110. The molecule has 0 saturated carbocycles. The van der Waals surface area contributed by atoms with Crippen LogP contribution in [0, 0.1) is 12.7 Å². The molecule has 0 amide bonds. The first-order chi connectivity index (χ1) is 8.66. The molecule has 1 unspecified atom stereocenters. The summed E-state index contributed by atoms with van der Waals surface area (Å²) in [6.07, 6.45) is 2.66. The maximum Gasteiger partial charge on any atom is 0.126 e. The second-order valence-electron chi connectivity index (χ2n) is 5.23. The van der Waals surface area contributed by atoms with Gasteiger partial charge in [-0.2, -0.15) is 0 Å². The third-order valence-electron chi connectivity index (χ3n) is 3.77. The number of hydrogen-bond acceptors (Lipinski definition) is 2. The lowest BCUT2D eigenvalue weighted by atomic mass is 10.1. The lowest BCUT2D eigenvalue weighted by molar-refractivity contribution is 0.329. The summed E-state index contributed by atoms with van der Waals surface area (Å²) in [6, 6.07) is 5.71. The molecular formula is C15H23FN2. The zero-order chi connectivity index (χ0) is 13.0. The summed E-state index contributed by atoms with van der Waals surface area (Å²) in [5.41, 5.74) is 1.74. The van der Waals surface area contributed by atoms with Crippen molar-refractivity contribution in [1.29, 1.82) is 0 Å². The molecule has 2 nitrogen and oxygen atoms in total. The average molecular weight is 250 g/mol. The van der Waals surface area contributed by atoms with Crippen molar-refractivity contribution >= 4 is 0 Å². The van der Waals surface area contributed by atoms with Gasteiger partial charge < -0.3 is 10.2 Å². The van der Waals surface area contributed by atoms with Crippen molar-refractivity contribution in [1.82, 2.24) is 10.2 Å². The number of nitrogens with one attached hydrogen (secondary N) is 1. The molecule has 100 valence electrons. The van der Waals surface area contributed by atoms with Crippen LogP contribution in [0.2, 0.25) is 0 Å². The van der Waals surface area contributed by atoms with Gasteiger partial charge >= 0.3 is 0 Å². The third-order valence-corrected chi connectivity index (χ3v) is 3.77. The Morgan fingerprint density at radius 3 is 2.72 bits per heavy atom. The number of benzene rings is 1. The van der Waals surface area contributed by atoms with Crippen LogP contribution in [0.4, 0.5) is 4.39 Å². The van der Waals surface area contributed by atoms with Crippen LogP contribution in [0.25, 0.3) is 0 Å². The summed E-state index contributed by atoms with van der Waals surface area (Å²) in [4.78, 5) is 2.48. The van der Waals surface area contributed by atoms with Gasteiger partial charge in [0.15, 0.2) is 0 Å². The van der Waals surface area contributed by atoms with Gasteiger partial charge in [0.1, 0.15) is 5.82 Å². The lowest BCUT2D eigenvalue weighted by Gasteiger charge is -2.18. The smallest absolute Gasteiger partial charge is 0.126 e. The Labute approximate surface area is 109 Å². The second-order valence-corrected chi connectivity index (χ2v) is 5.23. The Bertz CT molecular complexity index is 386. The Hall–Kier alpha value is -0.930. The molecule has 1 aromatic carbocycles. The fourth-order valence-corrected chi connectivity index (χ4v) is 2.44. The molecule has 1 aliphatic rings. The maximum absolute atomic E-state index is 13.5. The summed E-state index contributed by atoms with van der Waals surface area (Å²) in [7, 11) is 0. The SMILES string of the molecule is Cc1ccc(C(C)NCCN2CCCC2)cc1F. The van der Waals surface area contributed by atoms with Crippen LogP contribution in [0.3, 0.4) is 0 Å². The summed E-state index contributed by atoms with van der Waals surface area (Å²) in [5.74, 6) is -0.110. The Morgan fingerprint density at radius 2 is 2.06 bits per heavy atom. The zero-order valence-electron chi connectivity index (χ0n) is 11.4. The molecule has 0 aromatic heterocycles. The minimum atomic E-state index is -0.110. The van der Waals surface area contributed by atoms with Crippen LogP contribution in [0.1, 0.15) is 36.9 Å². The van der Waals surface area contributed by atoms with E-state index in [9.17, 15) is 4.39 Å². The molecule has 1 saturated heterocycles. The molecule has 1 aromatic rings. The topological polar surface area (TPSA) is 15.3 Å². The monoisotopic (exact) mass is 250 g/mol. The molecular weight excluding hydrogens is 227 g/mol. The Balaban J connectivity index is 1.79. The summed E-state index contributed by atoms with van der Waals surface area (Å²) in [6.45, 7) is 8.42. The number of hydrogen-bond donors (Lipinski definition) is 1.